The SMILES string of the molecule is Cc1ccc(C2CCN(C(=O)c3ccnc(-n4cncn4)c3)CC2)cn1. The van der Waals surface area contributed by atoms with Crippen molar-refractivity contribution >= 4 is 5.91 Å². The molecule has 4 rings (SSSR count). The molecule has 0 radical (unpaired) electrons. The second kappa shape index (κ2) is 7.03. The van der Waals surface area contributed by atoms with Crippen LogP contribution in [0.25, 0.3) is 5.82 Å². The minimum absolute atomic E-state index is 0.0363. The molecule has 132 valence electrons. The van der Waals surface area contributed by atoms with Gasteiger partial charge in [0.25, 0.3) is 5.91 Å². The number of amides is 1. The van der Waals surface area contributed by atoms with E-state index in [4.69, 9.17) is 0 Å². The number of rotatable bonds is 3. The fourth-order valence-corrected chi connectivity index (χ4v) is 3.32. The molecular formula is C19H20N6O. The number of carbonyl (C=O) groups excluding carboxylic acids is 1. The van der Waals surface area contributed by atoms with E-state index in [-0.39, 0.29) is 5.91 Å². The highest BCUT2D eigenvalue weighted by molar-refractivity contribution is 5.94. The van der Waals surface area contributed by atoms with Crippen molar-refractivity contribution < 1.29 is 4.79 Å². The Bertz CT molecular complexity index is 883. The summed E-state index contributed by atoms with van der Waals surface area (Å²) >= 11 is 0. The van der Waals surface area contributed by atoms with E-state index in [0.29, 0.717) is 17.3 Å². The lowest BCUT2D eigenvalue weighted by molar-refractivity contribution is 0.0713. The van der Waals surface area contributed by atoms with Gasteiger partial charge < -0.3 is 4.90 Å². The normalized spacial score (nSPS) is 15.2. The van der Waals surface area contributed by atoms with Crippen LogP contribution in [0.2, 0.25) is 0 Å². The first-order valence-corrected chi connectivity index (χ1v) is 8.73. The van der Waals surface area contributed by atoms with Gasteiger partial charge in [-0.1, -0.05) is 6.07 Å². The molecule has 0 atom stereocenters. The van der Waals surface area contributed by atoms with Crippen LogP contribution in [-0.4, -0.2) is 48.6 Å². The van der Waals surface area contributed by atoms with Crippen molar-refractivity contribution in [3.8, 4) is 5.82 Å². The van der Waals surface area contributed by atoms with Crippen molar-refractivity contribution in [3.63, 3.8) is 0 Å². The molecule has 0 aliphatic carbocycles. The molecule has 1 aliphatic heterocycles. The number of hydrogen-bond acceptors (Lipinski definition) is 5. The number of hydrogen-bond donors (Lipinski definition) is 0. The van der Waals surface area contributed by atoms with Crippen LogP contribution in [0.3, 0.4) is 0 Å². The molecule has 1 saturated heterocycles. The van der Waals surface area contributed by atoms with Gasteiger partial charge in [0.05, 0.1) is 0 Å². The lowest BCUT2D eigenvalue weighted by Gasteiger charge is -2.32. The van der Waals surface area contributed by atoms with E-state index in [1.807, 2.05) is 18.0 Å². The summed E-state index contributed by atoms with van der Waals surface area (Å²) in [6.07, 6.45) is 8.52. The van der Waals surface area contributed by atoms with Gasteiger partial charge in [0, 0.05) is 36.7 Å². The zero-order valence-corrected chi connectivity index (χ0v) is 14.6. The Morgan fingerprint density at radius 1 is 1.15 bits per heavy atom. The standard InChI is InChI=1S/C19H20N6O/c1-14-2-3-17(11-22-14)15-5-8-24(9-6-15)19(26)16-4-7-21-18(10-16)25-13-20-12-23-25/h2-4,7,10-13,15H,5-6,8-9H2,1H3. The Balaban J connectivity index is 1.44. The summed E-state index contributed by atoms with van der Waals surface area (Å²) in [5.74, 6) is 1.10. The molecular weight excluding hydrogens is 328 g/mol. The van der Waals surface area contributed by atoms with Crippen LogP contribution in [0.4, 0.5) is 0 Å². The van der Waals surface area contributed by atoms with Crippen molar-refractivity contribution in [1.29, 1.82) is 0 Å². The van der Waals surface area contributed by atoms with Crippen molar-refractivity contribution in [2.75, 3.05) is 13.1 Å². The van der Waals surface area contributed by atoms with Crippen molar-refractivity contribution in [2.45, 2.75) is 25.7 Å². The van der Waals surface area contributed by atoms with Crippen LogP contribution in [0.15, 0.2) is 49.3 Å². The molecule has 4 heterocycles. The molecule has 0 aromatic carbocycles. The smallest absolute Gasteiger partial charge is 0.254 e. The van der Waals surface area contributed by atoms with E-state index in [0.717, 1.165) is 31.6 Å². The predicted molar refractivity (Wildman–Crippen MR) is 96.0 cm³/mol. The zero-order chi connectivity index (χ0) is 17.9. The Morgan fingerprint density at radius 3 is 2.69 bits per heavy atom. The van der Waals surface area contributed by atoms with Gasteiger partial charge in [-0.3, -0.25) is 9.78 Å². The van der Waals surface area contributed by atoms with Crippen LogP contribution in [0.1, 0.15) is 40.4 Å². The van der Waals surface area contributed by atoms with Crippen molar-refractivity contribution in [3.05, 3.63) is 66.1 Å². The summed E-state index contributed by atoms with van der Waals surface area (Å²) in [4.78, 5) is 27.3. The van der Waals surface area contributed by atoms with Gasteiger partial charge in [-0.05, 0) is 49.4 Å². The number of aromatic nitrogens is 5. The second-order valence-corrected chi connectivity index (χ2v) is 6.54. The van der Waals surface area contributed by atoms with Gasteiger partial charge in [-0.15, -0.1) is 0 Å². The lowest BCUT2D eigenvalue weighted by atomic mass is 9.90. The Morgan fingerprint density at radius 2 is 2.00 bits per heavy atom. The Labute approximate surface area is 151 Å². The highest BCUT2D eigenvalue weighted by atomic mass is 16.2. The summed E-state index contributed by atoms with van der Waals surface area (Å²) in [5, 5.41) is 4.06. The highest BCUT2D eigenvalue weighted by Crippen LogP contribution is 2.28. The Hall–Kier alpha value is -3.09. The molecule has 0 saturated carbocycles. The molecule has 0 N–H and O–H groups in total. The topological polar surface area (TPSA) is 76.8 Å². The Kier molecular flexibility index (Phi) is 4.43. The molecule has 1 aliphatic rings. The quantitative estimate of drug-likeness (QED) is 0.726. The first kappa shape index (κ1) is 16.4. The van der Waals surface area contributed by atoms with Gasteiger partial charge in [0.15, 0.2) is 5.82 Å². The van der Waals surface area contributed by atoms with E-state index in [9.17, 15) is 4.79 Å². The average Bonchev–Trinajstić information content (AvgIpc) is 3.23. The maximum Gasteiger partial charge on any atom is 0.254 e. The van der Waals surface area contributed by atoms with Gasteiger partial charge in [0.1, 0.15) is 12.7 Å². The van der Waals surface area contributed by atoms with Crippen molar-refractivity contribution in [1.82, 2.24) is 29.6 Å². The highest BCUT2D eigenvalue weighted by Gasteiger charge is 2.25. The number of carbonyl (C=O) groups is 1. The molecule has 0 bridgehead atoms. The van der Waals surface area contributed by atoms with E-state index >= 15 is 0 Å². The van der Waals surface area contributed by atoms with Gasteiger partial charge in [0.2, 0.25) is 0 Å². The number of likely N-dealkylation sites (tertiary alicyclic amines) is 1. The summed E-state index contributed by atoms with van der Waals surface area (Å²) in [6, 6.07) is 7.71. The zero-order valence-electron chi connectivity index (χ0n) is 14.6. The average molecular weight is 348 g/mol. The van der Waals surface area contributed by atoms with Gasteiger partial charge in [-0.25, -0.2) is 14.6 Å². The van der Waals surface area contributed by atoms with Crippen LogP contribution >= 0.6 is 0 Å². The number of nitrogens with zero attached hydrogens (tertiary/aromatic N) is 6. The minimum atomic E-state index is 0.0363. The van der Waals surface area contributed by atoms with E-state index < -0.39 is 0 Å². The van der Waals surface area contributed by atoms with Crippen LogP contribution in [-0.2, 0) is 0 Å². The molecule has 1 fully saturated rings. The molecule has 1 amide bonds. The molecule has 0 spiro atoms. The maximum absolute atomic E-state index is 12.8. The summed E-state index contributed by atoms with van der Waals surface area (Å²) in [5.41, 5.74) is 2.92. The predicted octanol–water partition coefficient (Wildman–Crippen LogP) is 2.39. The fourth-order valence-electron chi connectivity index (χ4n) is 3.32. The third-order valence-corrected chi connectivity index (χ3v) is 4.83. The molecule has 26 heavy (non-hydrogen) atoms. The van der Waals surface area contributed by atoms with E-state index in [1.54, 1.807) is 29.3 Å². The first-order chi connectivity index (χ1) is 12.7. The molecule has 3 aromatic heterocycles. The molecule has 7 nitrogen and oxygen atoms in total. The van der Waals surface area contributed by atoms with E-state index in [1.165, 1.54) is 11.9 Å². The lowest BCUT2D eigenvalue weighted by Crippen LogP contribution is -2.38. The largest absolute Gasteiger partial charge is 0.339 e. The fraction of sp³-hybridized carbons (Fsp3) is 0.316. The number of piperidine rings is 1. The molecule has 3 aromatic rings. The maximum atomic E-state index is 12.8. The van der Waals surface area contributed by atoms with Gasteiger partial charge >= 0.3 is 0 Å². The number of aryl methyl sites for hydroxylation is 1. The van der Waals surface area contributed by atoms with Crippen LogP contribution in [0.5, 0.6) is 0 Å². The third kappa shape index (κ3) is 3.33. The van der Waals surface area contributed by atoms with E-state index in [2.05, 4.69) is 32.2 Å². The summed E-state index contributed by atoms with van der Waals surface area (Å²) in [7, 11) is 0. The number of pyridine rings is 2. The van der Waals surface area contributed by atoms with Crippen molar-refractivity contribution in [2.24, 2.45) is 0 Å². The minimum Gasteiger partial charge on any atom is -0.339 e. The third-order valence-electron chi connectivity index (χ3n) is 4.83. The monoisotopic (exact) mass is 348 g/mol. The summed E-state index contributed by atoms with van der Waals surface area (Å²) < 4.78 is 1.55. The molecule has 0 unspecified atom stereocenters. The van der Waals surface area contributed by atoms with Gasteiger partial charge in [-0.2, -0.15) is 5.10 Å². The molecule has 7 heteroatoms. The van der Waals surface area contributed by atoms with Crippen LogP contribution < -0.4 is 0 Å². The van der Waals surface area contributed by atoms with Crippen LogP contribution in [0, 0.1) is 6.92 Å². The summed E-state index contributed by atoms with van der Waals surface area (Å²) in [6.45, 7) is 3.49. The second-order valence-electron chi connectivity index (χ2n) is 6.54. The first-order valence-electron chi connectivity index (χ1n) is 8.73.